The number of amides is 3. The number of carbonyl (C=O) groups is 2. The van der Waals surface area contributed by atoms with E-state index in [-0.39, 0.29) is 11.9 Å². The Morgan fingerprint density at radius 3 is 2.63 bits per heavy atom. The number of urea groups is 1. The molecule has 30 heavy (non-hydrogen) atoms. The van der Waals surface area contributed by atoms with Gasteiger partial charge in [-0.3, -0.25) is 14.3 Å². The normalized spacial score (nSPS) is 14.6. The van der Waals surface area contributed by atoms with Gasteiger partial charge in [-0.1, -0.05) is 47.1 Å². The van der Waals surface area contributed by atoms with E-state index in [2.05, 4.69) is 15.5 Å². The Kier molecular flexibility index (Phi) is 5.78. The van der Waals surface area contributed by atoms with Crippen molar-refractivity contribution in [1.29, 1.82) is 0 Å². The average Bonchev–Trinajstić information content (AvgIpc) is 3.34. The van der Waals surface area contributed by atoms with Gasteiger partial charge in [0.15, 0.2) is 11.0 Å². The Morgan fingerprint density at radius 2 is 1.97 bits per heavy atom. The van der Waals surface area contributed by atoms with Gasteiger partial charge in [0.25, 0.3) is 0 Å². The summed E-state index contributed by atoms with van der Waals surface area (Å²) in [5.74, 6) is 0.417. The second-order valence-corrected chi connectivity index (χ2v) is 8.71. The predicted molar refractivity (Wildman–Crippen MR) is 117 cm³/mol. The van der Waals surface area contributed by atoms with Gasteiger partial charge in [-0.15, -0.1) is 10.2 Å². The van der Waals surface area contributed by atoms with Gasteiger partial charge in [-0.2, -0.15) is 0 Å². The third-order valence-electron chi connectivity index (χ3n) is 4.75. The van der Waals surface area contributed by atoms with E-state index in [1.807, 2.05) is 47.9 Å². The fraction of sp³-hybridized carbons (Fsp3) is 0.238. The molecule has 2 aromatic carbocycles. The summed E-state index contributed by atoms with van der Waals surface area (Å²) in [6, 6.07) is 15.0. The molecule has 0 aliphatic carbocycles. The monoisotopic (exact) mass is 441 g/mol. The summed E-state index contributed by atoms with van der Waals surface area (Å²) < 4.78 is 1.91. The molecule has 1 atom stereocenters. The third kappa shape index (κ3) is 4.06. The third-order valence-corrected chi connectivity index (χ3v) is 6.03. The van der Waals surface area contributed by atoms with Crippen LogP contribution in [0.1, 0.15) is 12.5 Å². The van der Waals surface area contributed by atoms with Crippen molar-refractivity contribution in [1.82, 2.24) is 25.0 Å². The van der Waals surface area contributed by atoms with Crippen molar-refractivity contribution in [3.05, 3.63) is 59.1 Å². The predicted octanol–water partition coefficient (Wildman–Crippen LogP) is 3.93. The van der Waals surface area contributed by atoms with Gasteiger partial charge in [0.2, 0.25) is 5.91 Å². The quantitative estimate of drug-likeness (QED) is 0.607. The highest BCUT2D eigenvalue weighted by atomic mass is 35.5. The number of aromatic nitrogens is 3. The fourth-order valence-corrected chi connectivity index (χ4v) is 4.31. The van der Waals surface area contributed by atoms with Crippen LogP contribution in [0.25, 0.3) is 17.1 Å². The number of aryl methyl sites for hydroxylation is 1. The van der Waals surface area contributed by atoms with Crippen LogP contribution in [0.3, 0.4) is 0 Å². The molecule has 1 fully saturated rings. The largest absolute Gasteiger partial charge is 0.336 e. The molecular weight excluding hydrogens is 422 g/mol. The zero-order valence-electron chi connectivity index (χ0n) is 16.5. The number of benzene rings is 2. The number of hydrogen-bond acceptors (Lipinski definition) is 5. The Balaban J connectivity index is 1.71. The van der Waals surface area contributed by atoms with Crippen molar-refractivity contribution in [2.45, 2.75) is 24.3 Å². The summed E-state index contributed by atoms with van der Waals surface area (Å²) in [5, 5.41) is 12.1. The molecule has 1 unspecified atom stereocenters. The number of rotatable bonds is 5. The summed E-state index contributed by atoms with van der Waals surface area (Å²) in [5.41, 5.74) is 2.86. The Hall–Kier alpha value is -2.84. The van der Waals surface area contributed by atoms with Gasteiger partial charge in [-0.05, 0) is 44.2 Å². The van der Waals surface area contributed by atoms with Crippen molar-refractivity contribution < 1.29 is 9.59 Å². The summed E-state index contributed by atoms with van der Waals surface area (Å²) in [6.07, 6.45) is 0. The van der Waals surface area contributed by atoms with Crippen LogP contribution < -0.4 is 5.32 Å². The Morgan fingerprint density at radius 1 is 1.20 bits per heavy atom. The maximum atomic E-state index is 12.7. The molecule has 9 heteroatoms. The van der Waals surface area contributed by atoms with Gasteiger partial charge in [0.05, 0.1) is 5.25 Å². The van der Waals surface area contributed by atoms with E-state index < -0.39 is 5.25 Å². The van der Waals surface area contributed by atoms with Crippen LogP contribution in [0.15, 0.2) is 53.7 Å². The molecule has 1 aliphatic heterocycles. The number of hydrogen-bond donors (Lipinski definition) is 1. The van der Waals surface area contributed by atoms with Crippen molar-refractivity contribution >= 4 is 35.3 Å². The van der Waals surface area contributed by atoms with Crippen LogP contribution in [0, 0.1) is 6.92 Å². The molecule has 0 saturated carbocycles. The van der Waals surface area contributed by atoms with E-state index in [0.29, 0.717) is 29.1 Å². The van der Waals surface area contributed by atoms with Crippen molar-refractivity contribution in [2.75, 3.05) is 13.1 Å². The van der Waals surface area contributed by atoms with Crippen LogP contribution in [-0.4, -0.2) is 49.9 Å². The molecule has 4 rings (SSSR count). The smallest absolute Gasteiger partial charge is 0.324 e. The van der Waals surface area contributed by atoms with Crippen molar-refractivity contribution in [2.24, 2.45) is 0 Å². The Labute approximate surface area is 183 Å². The van der Waals surface area contributed by atoms with Gasteiger partial charge in [0.1, 0.15) is 0 Å². The van der Waals surface area contributed by atoms with Gasteiger partial charge < -0.3 is 5.32 Å². The summed E-state index contributed by atoms with van der Waals surface area (Å²) >= 11 is 7.34. The SMILES string of the molecule is Cc1cccc(-c2nnc(SC(C)C(=O)N3CCNC3=O)n2-c2ccc(Cl)cc2)c1. The maximum absolute atomic E-state index is 12.7. The van der Waals surface area contributed by atoms with Crippen LogP contribution in [0.2, 0.25) is 5.02 Å². The zero-order chi connectivity index (χ0) is 21.3. The topological polar surface area (TPSA) is 80.1 Å². The molecule has 3 amide bonds. The second-order valence-electron chi connectivity index (χ2n) is 6.97. The number of imide groups is 1. The fourth-order valence-electron chi connectivity index (χ4n) is 3.25. The molecule has 1 N–H and O–H groups in total. The highest BCUT2D eigenvalue weighted by Gasteiger charge is 2.31. The lowest BCUT2D eigenvalue weighted by molar-refractivity contribution is -0.126. The minimum atomic E-state index is -0.505. The first-order chi connectivity index (χ1) is 14.4. The van der Waals surface area contributed by atoms with Crippen LogP contribution in [0.5, 0.6) is 0 Å². The second kappa shape index (κ2) is 8.49. The zero-order valence-corrected chi connectivity index (χ0v) is 18.1. The molecule has 0 radical (unpaired) electrons. The average molecular weight is 442 g/mol. The minimum absolute atomic E-state index is 0.252. The minimum Gasteiger partial charge on any atom is -0.336 e. The van der Waals surface area contributed by atoms with Gasteiger partial charge in [-0.25, -0.2) is 4.79 Å². The maximum Gasteiger partial charge on any atom is 0.324 e. The lowest BCUT2D eigenvalue weighted by Gasteiger charge is -2.18. The number of carbonyl (C=O) groups excluding carboxylic acids is 2. The standard InChI is InChI=1S/C21H20ClN5O2S/c1-13-4-3-5-15(12-13)18-24-25-21(27(18)17-8-6-16(22)7-9-17)30-14(2)19(28)26-11-10-23-20(26)29/h3-9,12,14H,10-11H2,1-2H3,(H,23,29). The highest BCUT2D eigenvalue weighted by Crippen LogP contribution is 2.31. The molecule has 2 heterocycles. The number of nitrogens with zero attached hydrogens (tertiary/aromatic N) is 4. The first kappa shape index (κ1) is 20.4. The van der Waals surface area contributed by atoms with Crippen molar-refractivity contribution in [3.63, 3.8) is 0 Å². The number of thioether (sulfide) groups is 1. The van der Waals surface area contributed by atoms with Gasteiger partial charge >= 0.3 is 6.03 Å². The van der Waals surface area contributed by atoms with E-state index >= 15 is 0 Å². The molecule has 1 aliphatic rings. The van der Waals surface area contributed by atoms with E-state index in [9.17, 15) is 9.59 Å². The Bertz CT molecular complexity index is 1100. The van der Waals surface area contributed by atoms with Gasteiger partial charge in [0, 0.05) is 29.4 Å². The summed E-state index contributed by atoms with van der Waals surface area (Å²) in [4.78, 5) is 25.8. The first-order valence-corrected chi connectivity index (χ1v) is 10.7. The van der Waals surface area contributed by atoms with Crippen LogP contribution in [-0.2, 0) is 4.79 Å². The molecule has 1 saturated heterocycles. The molecule has 7 nitrogen and oxygen atoms in total. The van der Waals surface area contributed by atoms with E-state index in [0.717, 1.165) is 16.8 Å². The number of nitrogens with one attached hydrogen (secondary N) is 1. The van der Waals surface area contributed by atoms with E-state index in [4.69, 9.17) is 11.6 Å². The molecular formula is C21H20ClN5O2S. The summed E-state index contributed by atoms with van der Waals surface area (Å²) in [6.45, 7) is 4.64. The molecule has 154 valence electrons. The van der Waals surface area contributed by atoms with E-state index in [1.54, 1.807) is 19.1 Å². The molecule has 1 aromatic heterocycles. The van der Waals surface area contributed by atoms with Crippen molar-refractivity contribution in [3.8, 4) is 17.1 Å². The molecule has 3 aromatic rings. The molecule has 0 bridgehead atoms. The number of halogens is 1. The lowest BCUT2D eigenvalue weighted by Crippen LogP contribution is -2.39. The molecule has 0 spiro atoms. The highest BCUT2D eigenvalue weighted by molar-refractivity contribution is 8.00. The van der Waals surface area contributed by atoms with E-state index in [1.165, 1.54) is 16.7 Å². The first-order valence-electron chi connectivity index (χ1n) is 9.48. The van der Waals surface area contributed by atoms with Crippen LogP contribution >= 0.6 is 23.4 Å². The summed E-state index contributed by atoms with van der Waals surface area (Å²) in [7, 11) is 0. The lowest BCUT2D eigenvalue weighted by atomic mass is 10.1. The van der Waals surface area contributed by atoms with Crippen LogP contribution in [0.4, 0.5) is 4.79 Å².